The number of hydrogen-bond acceptors (Lipinski definition) is 4. The molecule has 0 spiro atoms. The second-order valence-corrected chi connectivity index (χ2v) is 7.93. The molecule has 2 aromatic rings. The average molecular weight is 407 g/mol. The molecule has 7 heteroatoms. The maximum atomic E-state index is 13.7. The minimum absolute atomic E-state index is 0.0380. The fraction of sp³-hybridized carbons (Fsp3) is 0.381. The summed E-state index contributed by atoms with van der Waals surface area (Å²) in [6.07, 6.45) is 0.825. The Kier molecular flexibility index (Phi) is 6.78. The van der Waals surface area contributed by atoms with Gasteiger partial charge in [-0.1, -0.05) is 19.9 Å². The number of ether oxygens (including phenoxy) is 2. The first-order valence-electron chi connectivity index (χ1n) is 9.21. The van der Waals surface area contributed by atoms with Gasteiger partial charge in [0.15, 0.2) is 11.5 Å². The molecule has 1 aliphatic rings. The zero-order valence-corrected chi connectivity index (χ0v) is 16.7. The number of thioether (sulfide) groups is 1. The van der Waals surface area contributed by atoms with Crippen LogP contribution in [0.15, 0.2) is 41.3 Å². The van der Waals surface area contributed by atoms with Crippen LogP contribution in [0.25, 0.3) is 0 Å². The molecule has 0 unspecified atom stereocenters. The van der Waals surface area contributed by atoms with E-state index in [0.717, 1.165) is 29.8 Å². The fourth-order valence-electron chi connectivity index (χ4n) is 2.96. The maximum Gasteiger partial charge on any atom is 0.230 e. The van der Waals surface area contributed by atoms with Gasteiger partial charge in [-0.05, 0) is 35.7 Å². The summed E-state index contributed by atoms with van der Waals surface area (Å²) in [6, 6.07) is 8.80. The van der Waals surface area contributed by atoms with Crippen LogP contribution in [0.3, 0.4) is 0 Å². The molecule has 1 amide bonds. The molecule has 2 aromatic carbocycles. The summed E-state index contributed by atoms with van der Waals surface area (Å²) < 4.78 is 38.1. The van der Waals surface area contributed by atoms with E-state index in [9.17, 15) is 13.6 Å². The third-order valence-electron chi connectivity index (χ3n) is 4.37. The molecule has 0 bridgehead atoms. The van der Waals surface area contributed by atoms with Crippen molar-refractivity contribution in [2.75, 3.05) is 19.0 Å². The summed E-state index contributed by atoms with van der Waals surface area (Å²) in [5.41, 5.74) is 0.922. The van der Waals surface area contributed by atoms with Gasteiger partial charge in [-0.2, -0.15) is 0 Å². The van der Waals surface area contributed by atoms with Crippen LogP contribution in [0, 0.1) is 17.6 Å². The SMILES string of the molecule is CC(C)[C@@H](NC(=O)CSc1ccc(F)cc1F)c1ccc2c(c1)OCCCO2. The molecule has 0 fully saturated rings. The van der Waals surface area contributed by atoms with Gasteiger partial charge in [0.25, 0.3) is 0 Å². The molecule has 28 heavy (non-hydrogen) atoms. The van der Waals surface area contributed by atoms with Crippen LogP contribution < -0.4 is 14.8 Å². The van der Waals surface area contributed by atoms with Crippen LogP contribution >= 0.6 is 11.8 Å². The molecule has 3 rings (SSSR count). The molecule has 0 aliphatic carbocycles. The highest BCUT2D eigenvalue weighted by molar-refractivity contribution is 8.00. The predicted octanol–water partition coefficient (Wildman–Crippen LogP) is 4.73. The molecule has 4 nitrogen and oxygen atoms in total. The fourth-order valence-corrected chi connectivity index (χ4v) is 3.69. The van der Waals surface area contributed by atoms with E-state index in [2.05, 4.69) is 5.32 Å². The van der Waals surface area contributed by atoms with Crippen LogP contribution in [0.4, 0.5) is 8.78 Å². The predicted molar refractivity (Wildman–Crippen MR) is 105 cm³/mol. The van der Waals surface area contributed by atoms with Gasteiger partial charge in [-0.15, -0.1) is 11.8 Å². The number of hydrogen-bond donors (Lipinski definition) is 1. The van der Waals surface area contributed by atoms with Gasteiger partial charge in [0.2, 0.25) is 5.91 Å². The number of fused-ring (bicyclic) bond motifs is 1. The summed E-state index contributed by atoms with van der Waals surface area (Å²) in [4.78, 5) is 12.7. The second kappa shape index (κ2) is 9.28. The van der Waals surface area contributed by atoms with Crippen molar-refractivity contribution in [3.63, 3.8) is 0 Å². The lowest BCUT2D eigenvalue weighted by Crippen LogP contribution is -2.33. The summed E-state index contributed by atoms with van der Waals surface area (Å²) in [5.74, 6) is 0.0358. The average Bonchev–Trinajstić information content (AvgIpc) is 2.90. The van der Waals surface area contributed by atoms with Crippen molar-refractivity contribution in [3.05, 3.63) is 53.6 Å². The highest BCUT2D eigenvalue weighted by atomic mass is 32.2. The van der Waals surface area contributed by atoms with Crippen LogP contribution in [0.1, 0.15) is 31.9 Å². The Morgan fingerprint density at radius 3 is 2.57 bits per heavy atom. The molecule has 150 valence electrons. The monoisotopic (exact) mass is 407 g/mol. The molecule has 0 saturated heterocycles. The van der Waals surface area contributed by atoms with E-state index in [1.807, 2.05) is 32.0 Å². The standard InChI is InChI=1S/C21H23F2NO3S/c1-13(2)21(14-4-6-17-18(10-14)27-9-3-8-26-17)24-20(25)12-28-19-7-5-15(22)11-16(19)23/h4-7,10-11,13,21H,3,8-9,12H2,1-2H3,(H,24,25)/t21-/m1/s1. The summed E-state index contributed by atoms with van der Waals surface area (Å²) in [5, 5.41) is 3.00. The number of carbonyl (C=O) groups is 1. The molecular weight excluding hydrogens is 384 g/mol. The van der Waals surface area contributed by atoms with Crippen LogP contribution in [-0.2, 0) is 4.79 Å². The number of benzene rings is 2. The molecule has 0 saturated carbocycles. The first kappa shape index (κ1) is 20.5. The topological polar surface area (TPSA) is 47.6 Å². The van der Waals surface area contributed by atoms with Gasteiger partial charge in [0.05, 0.1) is 25.0 Å². The van der Waals surface area contributed by atoms with E-state index in [0.29, 0.717) is 24.7 Å². The van der Waals surface area contributed by atoms with E-state index < -0.39 is 11.6 Å². The van der Waals surface area contributed by atoms with Crippen molar-refractivity contribution >= 4 is 17.7 Å². The van der Waals surface area contributed by atoms with E-state index in [4.69, 9.17) is 9.47 Å². The highest BCUT2D eigenvalue weighted by Gasteiger charge is 2.21. The Morgan fingerprint density at radius 2 is 1.86 bits per heavy atom. The molecule has 1 heterocycles. The molecule has 0 aromatic heterocycles. The zero-order valence-electron chi connectivity index (χ0n) is 15.8. The maximum absolute atomic E-state index is 13.7. The second-order valence-electron chi connectivity index (χ2n) is 6.91. The third-order valence-corrected chi connectivity index (χ3v) is 5.42. The minimum Gasteiger partial charge on any atom is -0.490 e. The van der Waals surface area contributed by atoms with Gasteiger partial charge in [0, 0.05) is 17.4 Å². The first-order valence-corrected chi connectivity index (χ1v) is 10.2. The third kappa shape index (κ3) is 5.16. The quantitative estimate of drug-likeness (QED) is 0.703. The van der Waals surface area contributed by atoms with E-state index in [1.165, 1.54) is 12.1 Å². The van der Waals surface area contributed by atoms with Crippen LogP contribution in [0.5, 0.6) is 11.5 Å². The Morgan fingerprint density at radius 1 is 1.11 bits per heavy atom. The molecular formula is C21H23F2NO3S. The normalized spacial score (nSPS) is 14.5. The molecule has 1 N–H and O–H groups in total. The highest BCUT2D eigenvalue weighted by Crippen LogP contribution is 2.34. The van der Waals surface area contributed by atoms with Gasteiger partial charge in [0.1, 0.15) is 11.6 Å². The lowest BCUT2D eigenvalue weighted by molar-refractivity contribution is -0.119. The van der Waals surface area contributed by atoms with E-state index >= 15 is 0 Å². The summed E-state index contributed by atoms with van der Waals surface area (Å²) in [7, 11) is 0. The number of amides is 1. The lowest BCUT2D eigenvalue weighted by Gasteiger charge is -2.24. The van der Waals surface area contributed by atoms with Crippen molar-refractivity contribution in [3.8, 4) is 11.5 Å². The number of carbonyl (C=O) groups excluding carboxylic acids is 1. The lowest BCUT2D eigenvalue weighted by atomic mass is 9.95. The van der Waals surface area contributed by atoms with Crippen LogP contribution in [0.2, 0.25) is 0 Å². The Hall–Kier alpha value is -2.28. The number of halogens is 2. The van der Waals surface area contributed by atoms with Crippen molar-refractivity contribution in [1.29, 1.82) is 0 Å². The van der Waals surface area contributed by atoms with Crippen molar-refractivity contribution < 1.29 is 23.0 Å². The van der Waals surface area contributed by atoms with E-state index in [1.54, 1.807) is 0 Å². The molecule has 1 atom stereocenters. The Balaban J connectivity index is 1.67. The summed E-state index contributed by atoms with van der Waals surface area (Å²) >= 11 is 1.04. The zero-order chi connectivity index (χ0) is 20.1. The molecule has 1 aliphatic heterocycles. The Labute approximate surface area is 167 Å². The van der Waals surface area contributed by atoms with Gasteiger partial charge in [-0.25, -0.2) is 8.78 Å². The minimum atomic E-state index is -0.666. The first-order chi connectivity index (χ1) is 13.4. The largest absolute Gasteiger partial charge is 0.490 e. The van der Waals surface area contributed by atoms with Gasteiger partial charge >= 0.3 is 0 Å². The summed E-state index contributed by atoms with van der Waals surface area (Å²) in [6.45, 7) is 5.24. The molecule has 0 radical (unpaired) electrons. The van der Waals surface area contributed by atoms with Gasteiger partial charge in [-0.3, -0.25) is 4.79 Å². The van der Waals surface area contributed by atoms with Gasteiger partial charge < -0.3 is 14.8 Å². The Bertz CT molecular complexity index is 844. The van der Waals surface area contributed by atoms with E-state index in [-0.39, 0.29) is 28.5 Å². The van der Waals surface area contributed by atoms with Crippen LogP contribution in [-0.4, -0.2) is 24.9 Å². The van der Waals surface area contributed by atoms with Crippen molar-refractivity contribution in [1.82, 2.24) is 5.32 Å². The number of rotatable bonds is 6. The van der Waals surface area contributed by atoms with Crippen molar-refractivity contribution in [2.45, 2.75) is 31.2 Å². The smallest absolute Gasteiger partial charge is 0.230 e. The number of nitrogens with one attached hydrogen (secondary N) is 1. The van der Waals surface area contributed by atoms with Crippen molar-refractivity contribution in [2.24, 2.45) is 5.92 Å².